The van der Waals surface area contributed by atoms with Crippen molar-refractivity contribution in [2.24, 2.45) is 0 Å². The van der Waals surface area contributed by atoms with Crippen LogP contribution in [0.5, 0.6) is 0 Å². The first-order valence-corrected chi connectivity index (χ1v) is 26.4. The number of hydrogen-bond acceptors (Lipinski definition) is 17. The van der Waals surface area contributed by atoms with Gasteiger partial charge in [0.1, 0.15) is 37.3 Å². The number of rotatable bonds is 25. The van der Waals surface area contributed by atoms with E-state index in [1.54, 1.807) is 50.2 Å². The van der Waals surface area contributed by atoms with Crippen LogP contribution in [0, 0.1) is 12.7 Å². The molecule has 418 valence electrons. The number of hydrogen-bond donors (Lipinski definition) is 7. The number of carbonyl (C=O) groups is 8. The summed E-state index contributed by atoms with van der Waals surface area (Å²) in [6.45, 7) is 2.83. The zero-order valence-electron chi connectivity index (χ0n) is 43.7. The third-order valence-electron chi connectivity index (χ3n) is 15.0. The van der Waals surface area contributed by atoms with Gasteiger partial charge in [-0.05, 0) is 67.3 Å². The summed E-state index contributed by atoms with van der Waals surface area (Å²) in [5, 5.41) is 36.3. The number of aliphatic hydroxyl groups excluding tert-OH is 1. The Bertz CT molecular complexity index is 3190. The molecular formula is C55H62FN9O14. The number of benzene rings is 2. The Morgan fingerprint density at radius 1 is 0.962 bits per heavy atom. The molecule has 5 aliphatic rings. The Balaban J connectivity index is 0.708. The number of pyridine rings is 2. The number of ether oxygens (including phenoxy) is 3. The van der Waals surface area contributed by atoms with Crippen molar-refractivity contribution in [2.45, 2.75) is 108 Å². The van der Waals surface area contributed by atoms with Crippen molar-refractivity contribution in [3.05, 3.63) is 110 Å². The molecule has 0 spiro atoms. The van der Waals surface area contributed by atoms with E-state index >= 15 is 4.39 Å². The number of imide groups is 1. The van der Waals surface area contributed by atoms with E-state index in [0.717, 1.165) is 27.0 Å². The zero-order valence-corrected chi connectivity index (χ0v) is 43.7. The van der Waals surface area contributed by atoms with Gasteiger partial charge >= 0.3 is 11.9 Å². The Morgan fingerprint density at radius 3 is 2.49 bits per heavy atom. The van der Waals surface area contributed by atoms with Crippen molar-refractivity contribution in [2.75, 3.05) is 52.7 Å². The lowest BCUT2D eigenvalue weighted by atomic mass is 9.81. The minimum absolute atomic E-state index is 0.0262. The highest BCUT2D eigenvalue weighted by Crippen LogP contribution is 2.46. The van der Waals surface area contributed by atoms with Crippen LogP contribution in [-0.2, 0) is 84.2 Å². The molecule has 1 saturated heterocycles. The number of esters is 2. The van der Waals surface area contributed by atoms with Crippen molar-refractivity contribution in [3.8, 4) is 11.4 Å². The summed E-state index contributed by atoms with van der Waals surface area (Å²) in [5.41, 5.74) is 2.45. The normalized spacial score (nSPS) is 20.2. The number of amides is 6. The molecule has 9 rings (SSSR count). The number of carbonyl (C=O) groups excluding carboxylic acids is 8. The van der Waals surface area contributed by atoms with Crippen molar-refractivity contribution >= 4 is 58.3 Å². The third-order valence-corrected chi connectivity index (χ3v) is 15.0. The number of aromatic nitrogens is 2. The number of fused-ring (bicyclic) bond motifs is 5. The van der Waals surface area contributed by atoms with Gasteiger partial charge in [0, 0.05) is 67.2 Å². The van der Waals surface area contributed by atoms with E-state index < -0.39 is 84.1 Å². The van der Waals surface area contributed by atoms with Crippen LogP contribution in [0.25, 0.3) is 22.3 Å². The average Bonchev–Trinajstić information content (AvgIpc) is 3.91. The Morgan fingerprint density at radius 2 is 1.73 bits per heavy atom. The molecule has 0 radical (unpaired) electrons. The number of nitrogens with one attached hydrogen (secondary N) is 5. The summed E-state index contributed by atoms with van der Waals surface area (Å²) in [7, 11) is 0. The van der Waals surface area contributed by atoms with Gasteiger partial charge in [0.2, 0.25) is 17.7 Å². The zero-order chi connectivity index (χ0) is 56.1. The van der Waals surface area contributed by atoms with Crippen molar-refractivity contribution in [1.82, 2.24) is 45.9 Å². The maximum absolute atomic E-state index is 15.4. The predicted molar refractivity (Wildman–Crippen MR) is 277 cm³/mol. The number of halogens is 1. The van der Waals surface area contributed by atoms with E-state index in [1.807, 2.05) is 4.90 Å². The smallest absolute Gasteiger partial charge is 0.343 e. The molecule has 7 N–H and O–H groups in total. The van der Waals surface area contributed by atoms with Gasteiger partial charge in [-0.25, -0.2) is 14.2 Å². The first kappa shape index (κ1) is 56.0. The highest BCUT2D eigenvalue weighted by atomic mass is 19.1. The highest BCUT2D eigenvalue weighted by molar-refractivity contribution is 6.12. The molecule has 0 bridgehead atoms. The molecule has 6 amide bonds. The first-order valence-electron chi connectivity index (χ1n) is 26.4. The Kier molecular flexibility index (Phi) is 17.1. The molecule has 24 heteroatoms. The van der Waals surface area contributed by atoms with E-state index in [4.69, 9.17) is 19.2 Å². The standard InChI is InChI=1S/C55H62FN9O14/c1-3-55(76)35-21-40-50-33(25-65(40)53(74)34(35)27-79-54(55)75)49-37(14-13-32-30(2)36(56)22-38(61-50)48(32)49)62-52(73)41-26-63(41)18-19-77-29-59-43(67)23-58-51(72)39(20-31-10-6-4-7-11-31)60-44(68)28-78-47(71)24-57-42(66)12-8-5-9-17-64-45(69)15-16-46(64)70/h4,6-7,10-11,15-16,21-22,37,39,41,43,59,67,76H,3,5,8-9,12-14,17-20,23-29H2,1-2H3,(H,57,66)(H,58,72)(H,60,68)(H,62,73)/t37?,39-,41-,43?,55-,63?/m0/s1. The maximum atomic E-state index is 15.4. The lowest BCUT2D eigenvalue weighted by Crippen LogP contribution is -2.52. The molecule has 4 aliphatic heterocycles. The summed E-state index contributed by atoms with van der Waals surface area (Å²) >= 11 is 0. The van der Waals surface area contributed by atoms with Crippen LogP contribution in [0.15, 0.2) is 59.4 Å². The molecule has 1 aliphatic carbocycles. The molecule has 3 unspecified atom stereocenters. The summed E-state index contributed by atoms with van der Waals surface area (Å²) in [5.74, 6) is -4.94. The second-order valence-electron chi connectivity index (χ2n) is 20.2. The van der Waals surface area contributed by atoms with Crippen LogP contribution in [0.4, 0.5) is 4.39 Å². The summed E-state index contributed by atoms with van der Waals surface area (Å²) in [4.78, 5) is 123. The Labute approximate surface area is 452 Å². The van der Waals surface area contributed by atoms with Crippen LogP contribution in [0.3, 0.4) is 0 Å². The van der Waals surface area contributed by atoms with Crippen LogP contribution in [-0.4, -0.2) is 148 Å². The van der Waals surface area contributed by atoms with Gasteiger partial charge in [0.15, 0.2) is 12.2 Å². The van der Waals surface area contributed by atoms with E-state index in [9.17, 15) is 53.4 Å². The SMILES string of the molecule is CC[C@@]1(O)C(=O)OCc2c1cc1n(c2=O)Cc2c-1nc1cc(F)c(C)c3c1c2C(NC(=O)[C@@H]1CN1CCOCNC(O)CNC(=O)[C@H](Cc1ccccc1)NC(=O)COC(=O)CNC(=O)CCCCCN1C(=O)C=CC1=O)CC3. The topological polar surface area (TPSA) is 306 Å². The molecule has 2 aromatic heterocycles. The molecule has 0 saturated carbocycles. The second-order valence-corrected chi connectivity index (χ2v) is 20.2. The molecule has 6 heterocycles. The van der Waals surface area contributed by atoms with Gasteiger partial charge in [-0.2, -0.15) is 0 Å². The van der Waals surface area contributed by atoms with Crippen molar-refractivity contribution in [1.29, 1.82) is 0 Å². The van der Waals surface area contributed by atoms with Gasteiger partial charge in [-0.15, -0.1) is 0 Å². The van der Waals surface area contributed by atoms with E-state index in [-0.39, 0.29) is 87.7 Å². The first-order chi connectivity index (χ1) is 37.9. The fraction of sp³-hybridized carbons (Fsp3) is 0.455. The summed E-state index contributed by atoms with van der Waals surface area (Å²) in [6, 6.07) is 9.73. The van der Waals surface area contributed by atoms with Crippen LogP contribution >= 0.6 is 0 Å². The highest BCUT2D eigenvalue weighted by Gasteiger charge is 2.47. The van der Waals surface area contributed by atoms with Gasteiger partial charge < -0.3 is 50.3 Å². The maximum Gasteiger partial charge on any atom is 0.343 e. The third kappa shape index (κ3) is 12.3. The number of aryl methyl sites for hydroxylation is 1. The minimum Gasteiger partial charge on any atom is -0.458 e. The van der Waals surface area contributed by atoms with Crippen LogP contribution in [0.1, 0.15) is 90.4 Å². The quantitative estimate of drug-likeness (QED) is 0.0135. The largest absolute Gasteiger partial charge is 0.458 e. The summed E-state index contributed by atoms with van der Waals surface area (Å²) in [6.07, 6.45) is 3.78. The number of cyclic esters (lactones) is 1. The van der Waals surface area contributed by atoms with Crippen LogP contribution in [0.2, 0.25) is 0 Å². The second kappa shape index (κ2) is 24.1. The van der Waals surface area contributed by atoms with Crippen LogP contribution < -0.4 is 32.1 Å². The van der Waals surface area contributed by atoms with E-state index in [2.05, 4.69) is 26.6 Å². The van der Waals surface area contributed by atoms with Gasteiger partial charge in [0.25, 0.3) is 23.3 Å². The lowest BCUT2D eigenvalue weighted by molar-refractivity contribution is -0.172. The Hall–Kier alpha value is -7.77. The number of unbranched alkanes of at least 4 members (excludes halogenated alkanes) is 2. The van der Waals surface area contributed by atoms with Crippen molar-refractivity contribution in [3.63, 3.8) is 0 Å². The minimum atomic E-state index is -2.03. The van der Waals surface area contributed by atoms with Crippen molar-refractivity contribution < 1.29 is 67.2 Å². The monoisotopic (exact) mass is 1090 g/mol. The van der Waals surface area contributed by atoms with E-state index in [1.165, 1.54) is 22.8 Å². The fourth-order valence-corrected chi connectivity index (χ4v) is 10.6. The molecule has 6 atom stereocenters. The lowest BCUT2D eigenvalue weighted by Gasteiger charge is -2.31. The number of nitrogens with zero attached hydrogens (tertiary/aromatic N) is 4. The predicted octanol–water partition coefficient (Wildman–Crippen LogP) is 0.185. The summed E-state index contributed by atoms with van der Waals surface area (Å²) < 4.78 is 32.9. The van der Waals surface area contributed by atoms with E-state index in [0.29, 0.717) is 73.2 Å². The molecule has 1 fully saturated rings. The fourth-order valence-electron chi connectivity index (χ4n) is 10.6. The molecule has 23 nitrogen and oxygen atoms in total. The molecule has 4 aromatic rings. The van der Waals surface area contributed by atoms with Gasteiger partial charge in [0.05, 0.1) is 54.9 Å². The van der Waals surface area contributed by atoms with Gasteiger partial charge in [-0.1, -0.05) is 43.7 Å². The molecular weight excluding hydrogens is 1030 g/mol. The average molecular weight is 1090 g/mol. The molecule has 79 heavy (non-hydrogen) atoms. The van der Waals surface area contributed by atoms with Gasteiger partial charge in [-0.3, -0.25) is 53.5 Å². The number of aliphatic hydroxyl groups is 2. The molecule has 2 aromatic carbocycles.